The number of fused-ring (bicyclic) bond motifs is 3. The molecule has 2 aromatic carbocycles. The number of carbonyl (C=O) groups excluding carboxylic acids is 1. The van der Waals surface area contributed by atoms with Crippen molar-refractivity contribution in [1.82, 2.24) is 23.4 Å². The third kappa shape index (κ3) is 4.89. The first kappa shape index (κ1) is 26.2. The van der Waals surface area contributed by atoms with Crippen molar-refractivity contribution in [3.8, 4) is 0 Å². The first-order chi connectivity index (χ1) is 19.5. The topological polar surface area (TPSA) is 99.3 Å². The van der Waals surface area contributed by atoms with Crippen LogP contribution in [0.15, 0.2) is 84.0 Å². The predicted molar refractivity (Wildman–Crippen MR) is 152 cm³/mol. The molecule has 0 unspecified atom stereocenters. The van der Waals surface area contributed by atoms with E-state index in [4.69, 9.17) is 9.72 Å². The van der Waals surface area contributed by atoms with Gasteiger partial charge in [-0.1, -0.05) is 48.5 Å². The van der Waals surface area contributed by atoms with E-state index in [1.165, 1.54) is 9.54 Å². The van der Waals surface area contributed by atoms with Crippen LogP contribution in [-0.2, 0) is 32.5 Å². The highest BCUT2D eigenvalue weighted by molar-refractivity contribution is 7.90. The Morgan fingerprint density at radius 3 is 2.55 bits per heavy atom. The number of rotatable bonds is 8. The van der Waals surface area contributed by atoms with Gasteiger partial charge in [0, 0.05) is 30.7 Å². The van der Waals surface area contributed by atoms with E-state index in [-0.39, 0.29) is 23.3 Å². The summed E-state index contributed by atoms with van der Waals surface area (Å²) >= 11 is 0. The molecule has 206 valence electrons. The molecule has 1 aliphatic heterocycles. The maximum absolute atomic E-state index is 13.5. The Labute approximate surface area is 233 Å². The summed E-state index contributed by atoms with van der Waals surface area (Å²) in [6.07, 6.45) is 5.09. The molecule has 5 aromatic rings. The number of pyridine rings is 1. The fraction of sp³-hybridized carbons (Fsp3) is 0.300. The molecule has 0 spiro atoms. The number of hydrogen-bond donors (Lipinski definition) is 0. The minimum atomic E-state index is -3.85. The van der Waals surface area contributed by atoms with Crippen LogP contribution in [0.3, 0.4) is 0 Å². The number of esters is 1. The summed E-state index contributed by atoms with van der Waals surface area (Å²) in [6, 6.07) is 20.5. The van der Waals surface area contributed by atoms with E-state index in [2.05, 4.69) is 38.7 Å². The van der Waals surface area contributed by atoms with Crippen molar-refractivity contribution in [2.24, 2.45) is 0 Å². The molecular formula is C30H31N5O4S. The molecule has 6 rings (SSSR count). The van der Waals surface area contributed by atoms with Crippen molar-refractivity contribution >= 4 is 38.1 Å². The lowest BCUT2D eigenvalue weighted by molar-refractivity contribution is -0.142. The molecule has 0 radical (unpaired) electrons. The van der Waals surface area contributed by atoms with Crippen LogP contribution in [0, 0.1) is 0 Å². The van der Waals surface area contributed by atoms with Gasteiger partial charge in [-0.15, -0.1) is 0 Å². The smallest absolute Gasteiger partial charge is 0.313 e. The Hall–Kier alpha value is -4.02. The van der Waals surface area contributed by atoms with Gasteiger partial charge in [-0.2, -0.15) is 0 Å². The minimum absolute atomic E-state index is 0.0300. The van der Waals surface area contributed by atoms with Crippen LogP contribution in [-0.4, -0.2) is 57.5 Å². The summed E-state index contributed by atoms with van der Waals surface area (Å²) in [7, 11) is -3.85. The summed E-state index contributed by atoms with van der Waals surface area (Å²) in [4.78, 5) is 24.6. The Morgan fingerprint density at radius 1 is 1.05 bits per heavy atom. The van der Waals surface area contributed by atoms with Crippen LogP contribution in [0.5, 0.6) is 0 Å². The molecule has 0 amide bonds. The highest BCUT2D eigenvalue weighted by Gasteiger charge is 2.29. The van der Waals surface area contributed by atoms with Crippen molar-refractivity contribution in [2.45, 2.75) is 43.7 Å². The van der Waals surface area contributed by atoms with Crippen molar-refractivity contribution < 1.29 is 17.9 Å². The summed E-state index contributed by atoms with van der Waals surface area (Å²) in [5, 5.41) is 0.680. The van der Waals surface area contributed by atoms with Gasteiger partial charge >= 0.3 is 5.97 Å². The second-order valence-electron chi connectivity index (χ2n) is 10.1. The third-order valence-electron chi connectivity index (χ3n) is 7.40. The van der Waals surface area contributed by atoms with Gasteiger partial charge < -0.3 is 9.30 Å². The number of imidazole rings is 1. The molecule has 1 fully saturated rings. The van der Waals surface area contributed by atoms with Crippen LogP contribution >= 0.6 is 0 Å². The van der Waals surface area contributed by atoms with Crippen molar-refractivity contribution in [2.75, 3.05) is 19.7 Å². The van der Waals surface area contributed by atoms with Crippen molar-refractivity contribution in [1.29, 1.82) is 0 Å². The molecule has 9 nitrogen and oxygen atoms in total. The van der Waals surface area contributed by atoms with Gasteiger partial charge in [0.15, 0.2) is 5.65 Å². The van der Waals surface area contributed by atoms with Crippen LogP contribution in [0.4, 0.5) is 0 Å². The summed E-state index contributed by atoms with van der Waals surface area (Å²) in [5.74, 6) is 0.261. The SMILES string of the molecule is CCOC(=O)Cc1nc2cnc3c(ccn3S(=O)(=O)c3ccccc3)c2n1[C@@H]1CCCN(Cc2ccccc2)C1. The number of piperidine rings is 1. The van der Waals surface area contributed by atoms with E-state index in [0.717, 1.165) is 38.0 Å². The lowest BCUT2D eigenvalue weighted by Crippen LogP contribution is -2.36. The number of nitrogens with zero attached hydrogens (tertiary/aromatic N) is 5. The third-order valence-corrected chi connectivity index (χ3v) is 9.08. The fourth-order valence-corrected chi connectivity index (χ4v) is 7.00. The van der Waals surface area contributed by atoms with Gasteiger partial charge in [0.1, 0.15) is 17.8 Å². The van der Waals surface area contributed by atoms with Crippen molar-refractivity contribution in [3.05, 3.63) is 90.5 Å². The minimum Gasteiger partial charge on any atom is -0.466 e. The molecule has 0 bridgehead atoms. The van der Waals surface area contributed by atoms with Crippen LogP contribution in [0.2, 0.25) is 0 Å². The average molecular weight is 558 g/mol. The fourth-order valence-electron chi connectivity index (χ4n) is 5.68. The first-order valence-electron chi connectivity index (χ1n) is 13.5. The molecule has 0 saturated carbocycles. The second kappa shape index (κ2) is 10.9. The van der Waals surface area contributed by atoms with E-state index in [0.29, 0.717) is 29.0 Å². The Balaban J connectivity index is 1.46. The summed E-state index contributed by atoms with van der Waals surface area (Å²) in [6.45, 7) is 4.67. The molecule has 3 aromatic heterocycles. The van der Waals surface area contributed by atoms with Crippen molar-refractivity contribution in [3.63, 3.8) is 0 Å². The zero-order chi connectivity index (χ0) is 27.7. The molecule has 10 heteroatoms. The predicted octanol–water partition coefficient (Wildman–Crippen LogP) is 4.57. The quantitative estimate of drug-likeness (QED) is 0.258. The molecule has 1 aliphatic rings. The molecule has 40 heavy (non-hydrogen) atoms. The van der Waals surface area contributed by atoms with E-state index in [1.54, 1.807) is 55.7 Å². The molecular weight excluding hydrogens is 526 g/mol. The molecule has 0 N–H and O–H groups in total. The van der Waals surface area contributed by atoms with Gasteiger partial charge in [-0.05, 0) is 50.1 Å². The number of aromatic nitrogens is 4. The number of ether oxygens (including phenoxy) is 1. The Kier molecular flexibility index (Phi) is 7.12. The number of hydrogen-bond acceptors (Lipinski definition) is 7. The number of likely N-dealkylation sites (tertiary alicyclic amines) is 1. The normalized spacial score (nSPS) is 16.5. The van der Waals surface area contributed by atoms with E-state index >= 15 is 0 Å². The van der Waals surface area contributed by atoms with Crippen LogP contribution < -0.4 is 0 Å². The van der Waals surface area contributed by atoms with E-state index < -0.39 is 10.0 Å². The maximum Gasteiger partial charge on any atom is 0.313 e. The van der Waals surface area contributed by atoms with Crippen LogP contribution in [0.25, 0.3) is 22.1 Å². The molecule has 1 saturated heterocycles. The molecule has 1 atom stereocenters. The number of benzene rings is 2. The van der Waals surface area contributed by atoms with E-state index in [9.17, 15) is 13.2 Å². The standard InChI is InChI=1S/C30H31N5O4S/c1-2-39-28(36)18-27-32-26-19-31-30-25(15-17-34(30)40(37,38)24-13-7-4-8-14-24)29(26)35(27)23-12-9-16-33(21-23)20-22-10-5-3-6-11-22/h3-8,10-11,13-15,17,19,23H,2,9,12,16,18,20-21H2,1H3/t23-/m1/s1. The van der Waals surface area contributed by atoms with Gasteiger partial charge in [-0.3, -0.25) is 9.69 Å². The Bertz CT molecular complexity index is 1760. The molecule has 4 heterocycles. The highest BCUT2D eigenvalue weighted by atomic mass is 32.2. The highest BCUT2D eigenvalue weighted by Crippen LogP contribution is 2.34. The average Bonchev–Trinajstić information content (AvgIpc) is 3.56. The first-order valence-corrected chi connectivity index (χ1v) is 15.0. The summed E-state index contributed by atoms with van der Waals surface area (Å²) < 4.78 is 35.6. The monoisotopic (exact) mass is 557 g/mol. The maximum atomic E-state index is 13.5. The second-order valence-corrected chi connectivity index (χ2v) is 11.9. The van der Waals surface area contributed by atoms with E-state index in [1.807, 2.05) is 6.07 Å². The van der Waals surface area contributed by atoms with Gasteiger partial charge in [0.05, 0.1) is 23.2 Å². The Morgan fingerprint density at radius 2 is 1.80 bits per heavy atom. The zero-order valence-corrected chi connectivity index (χ0v) is 23.1. The van der Waals surface area contributed by atoms with Crippen LogP contribution in [0.1, 0.15) is 37.2 Å². The number of carbonyl (C=O) groups is 1. The van der Waals surface area contributed by atoms with Gasteiger partial charge in [0.2, 0.25) is 0 Å². The lowest BCUT2D eigenvalue weighted by Gasteiger charge is -2.34. The molecule has 0 aliphatic carbocycles. The zero-order valence-electron chi connectivity index (χ0n) is 22.3. The lowest BCUT2D eigenvalue weighted by atomic mass is 10.0. The summed E-state index contributed by atoms with van der Waals surface area (Å²) in [5.41, 5.74) is 3.00. The largest absolute Gasteiger partial charge is 0.466 e. The van der Waals surface area contributed by atoms with Gasteiger partial charge in [0.25, 0.3) is 10.0 Å². The van der Waals surface area contributed by atoms with Gasteiger partial charge in [-0.25, -0.2) is 22.4 Å².